The molecule has 0 radical (unpaired) electrons. The van der Waals surface area contributed by atoms with Crippen LogP contribution in [0.15, 0.2) is 48.5 Å². The normalized spacial score (nSPS) is 26.6. The Morgan fingerprint density at radius 2 is 1.50 bits per heavy atom. The van der Waals surface area contributed by atoms with Crippen LogP contribution in [0.2, 0.25) is 10.0 Å². The van der Waals surface area contributed by atoms with Gasteiger partial charge in [-0.1, -0.05) is 35.3 Å². The van der Waals surface area contributed by atoms with Crippen LogP contribution in [0.25, 0.3) is 43.6 Å². The third kappa shape index (κ3) is 2.75. The van der Waals surface area contributed by atoms with Gasteiger partial charge in [0.2, 0.25) is 0 Å². The van der Waals surface area contributed by atoms with Gasteiger partial charge in [-0.2, -0.15) is 0 Å². The second kappa shape index (κ2) is 7.09. The zero-order valence-corrected chi connectivity index (χ0v) is 18.5. The number of hydrogen-bond donors (Lipinski definition) is 4. The largest absolute Gasteiger partial charge is 0.388 e. The van der Waals surface area contributed by atoms with E-state index in [1.165, 1.54) is 0 Å². The van der Waals surface area contributed by atoms with E-state index in [0.29, 0.717) is 10.0 Å². The lowest BCUT2D eigenvalue weighted by Gasteiger charge is -2.40. The van der Waals surface area contributed by atoms with Gasteiger partial charge < -0.3 is 29.6 Å². The number of benzene rings is 3. The minimum Gasteiger partial charge on any atom is -0.388 e. The first-order valence-electron chi connectivity index (χ1n) is 10.4. The molecular weight excluding hydrogens is 451 g/mol. The number of ether oxygens (including phenoxy) is 1. The van der Waals surface area contributed by atoms with Gasteiger partial charge in [0.15, 0.2) is 6.23 Å². The van der Waals surface area contributed by atoms with Crippen molar-refractivity contribution in [2.75, 3.05) is 0 Å². The van der Waals surface area contributed by atoms with Crippen LogP contribution in [-0.2, 0) is 4.74 Å². The Balaban J connectivity index is 1.75. The molecule has 0 spiro atoms. The van der Waals surface area contributed by atoms with Crippen LogP contribution in [-0.4, -0.2) is 49.3 Å². The molecule has 0 saturated carbocycles. The van der Waals surface area contributed by atoms with Crippen molar-refractivity contribution in [3.8, 4) is 0 Å². The number of aromatic amines is 1. The molecule has 0 unspecified atom stereocenters. The molecular formula is C24H20Cl2N2O4. The number of aromatic nitrogens is 2. The van der Waals surface area contributed by atoms with Gasteiger partial charge in [0.1, 0.15) is 18.3 Å². The molecule has 0 bridgehead atoms. The molecule has 5 aromatic rings. The van der Waals surface area contributed by atoms with Crippen molar-refractivity contribution in [3.05, 3.63) is 58.6 Å². The van der Waals surface area contributed by atoms with Crippen LogP contribution in [0.3, 0.4) is 0 Å². The highest BCUT2D eigenvalue weighted by atomic mass is 35.5. The molecule has 3 aromatic carbocycles. The van der Waals surface area contributed by atoms with Gasteiger partial charge in [0.05, 0.1) is 22.7 Å². The molecule has 0 aliphatic carbocycles. The summed E-state index contributed by atoms with van der Waals surface area (Å²) in [5.41, 5.74) is 3.40. The van der Waals surface area contributed by atoms with Gasteiger partial charge in [-0.25, -0.2) is 0 Å². The van der Waals surface area contributed by atoms with Crippen molar-refractivity contribution >= 4 is 66.8 Å². The monoisotopic (exact) mass is 470 g/mol. The highest BCUT2D eigenvalue weighted by molar-refractivity contribution is 6.33. The number of halogens is 2. The Morgan fingerprint density at radius 3 is 2.28 bits per heavy atom. The number of aliphatic hydroxyl groups is 3. The molecule has 1 aliphatic rings. The van der Waals surface area contributed by atoms with Gasteiger partial charge in [0.25, 0.3) is 0 Å². The summed E-state index contributed by atoms with van der Waals surface area (Å²) in [6.45, 7) is 1.68. The first-order valence-corrected chi connectivity index (χ1v) is 11.1. The van der Waals surface area contributed by atoms with E-state index in [9.17, 15) is 15.3 Å². The Kier molecular flexibility index (Phi) is 4.50. The molecule has 1 fully saturated rings. The summed E-state index contributed by atoms with van der Waals surface area (Å²) < 4.78 is 7.93. The summed E-state index contributed by atoms with van der Waals surface area (Å²) in [5, 5.41) is 36.6. The van der Waals surface area contributed by atoms with E-state index in [1.807, 2.05) is 47.0 Å². The third-order valence-corrected chi connectivity index (χ3v) is 7.01. The lowest BCUT2D eigenvalue weighted by Crippen LogP contribution is -2.54. The first-order chi connectivity index (χ1) is 15.3. The van der Waals surface area contributed by atoms with E-state index in [1.54, 1.807) is 13.0 Å². The number of H-pyrrole nitrogens is 1. The predicted octanol–water partition coefficient (Wildman–Crippen LogP) is 4.74. The van der Waals surface area contributed by atoms with Crippen molar-refractivity contribution in [3.63, 3.8) is 0 Å². The van der Waals surface area contributed by atoms with Gasteiger partial charge in [-0.15, -0.1) is 0 Å². The van der Waals surface area contributed by atoms with E-state index in [-0.39, 0.29) is 0 Å². The van der Waals surface area contributed by atoms with Crippen LogP contribution in [0.5, 0.6) is 0 Å². The molecule has 6 rings (SSSR count). The fraction of sp³-hybridized carbons (Fsp3) is 0.250. The minimum atomic E-state index is -1.34. The van der Waals surface area contributed by atoms with Crippen LogP contribution in [0.1, 0.15) is 13.2 Å². The molecule has 1 aliphatic heterocycles. The summed E-state index contributed by atoms with van der Waals surface area (Å²) in [6, 6.07) is 15.3. The van der Waals surface area contributed by atoms with E-state index in [2.05, 4.69) is 4.98 Å². The SMILES string of the molecule is C[C@H]1O[C@@H](n2c3ccc(Cl)cc3c3ccc4c5cc(Cl)ccc5[nH]c4c32)[C@H](O)[C@@H](O)[C@@H]1O. The smallest absolute Gasteiger partial charge is 0.163 e. The van der Waals surface area contributed by atoms with Crippen molar-refractivity contribution < 1.29 is 20.1 Å². The van der Waals surface area contributed by atoms with Crippen LogP contribution >= 0.6 is 23.2 Å². The average molecular weight is 471 g/mol. The Bertz CT molecular complexity index is 1530. The fourth-order valence-corrected chi connectivity index (χ4v) is 5.30. The first kappa shape index (κ1) is 20.3. The number of nitrogens with zero attached hydrogens (tertiary/aromatic N) is 1. The summed E-state index contributed by atoms with van der Waals surface area (Å²) in [7, 11) is 0. The summed E-state index contributed by atoms with van der Waals surface area (Å²) in [5.74, 6) is 0. The van der Waals surface area contributed by atoms with Gasteiger partial charge in [-0.3, -0.25) is 0 Å². The lowest BCUT2D eigenvalue weighted by molar-refractivity contribution is -0.238. The highest BCUT2D eigenvalue weighted by Crippen LogP contribution is 2.42. The maximum atomic E-state index is 10.9. The number of fused-ring (bicyclic) bond motifs is 7. The Labute approximate surface area is 192 Å². The number of aliphatic hydroxyl groups excluding tert-OH is 3. The molecule has 8 heteroatoms. The van der Waals surface area contributed by atoms with Gasteiger partial charge in [-0.05, 0) is 43.3 Å². The van der Waals surface area contributed by atoms with E-state index < -0.39 is 30.6 Å². The molecule has 4 N–H and O–H groups in total. The van der Waals surface area contributed by atoms with E-state index >= 15 is 0 Å². The third-order valence-electron chi connectivity index (χ3n) is 6.54. The molecule has 3 heterocycles. The number of hydrogen-bond acceptors (Lipinski definition) is 4. The Morgan fingerprint density at radius 1 is 0.812 bits per heavy atom. The second-order valence-corrected chi connectivity index (χ2v) is 9.31. The molecule has 6 nitrogen and oxygen atoms in total. The highest BCUT2D eigenvalue weighted by Gasteiger charge is 2.43. The van der Waals surface area contributed by atoms with Crippen molar-refractivity contribution in [1.82, 2.24) is 9.55 Å². The maximum Gasteiger partial charge on any atom is 0.163 e. The predicted molar refractivity (Wildman–Crippen MR) is 126 cm³/mol. The molecule has 5 atom stereocenters. The number of rotatable bonds is 1. The minimum absolute atomic E-state index is 0.592. The standard InChI is InChI=1S/C24H20Cl2N2O4/c1-10-21(29)22(30)23(31)24(32-10)28-18-7-3-12(26)9-16(18)14-5-4-13-15-8-11(25)2-6-17(15)27-19(13)20(14)28/h2-10,21-24,27,29-31H,1H3/t10-,21-,22+,23-,24-/m1/s1. The Hall–Kier alpha value is -2.32. The van der Waals surface area contributed by atoms with Gasteiger partial charge >= 0.3 is 0 Å². The topological polar surface area (TPSA) is 90.6 Å². The van der Waals surface area contributed by atoms with Crippen LogP contribution in [0, 0.1) is 0 Å². The summed E-state index contributed by atoms with van der Waals surface area (Å²) in [4.78, 5) is 3.49. The van der Waals surface area contributed by atoms with Crippen molar-refractivity contribution in [2.24, 2.45) is 0 Å². The maximum absolute atomic E-state index is 10.9. The zero-order valence-electron chi connectivity index (χ0n) is 17.0. The molecule has 32 heavy (non-hydrogen) atoms. The molecule has 164 valence electrons. The lowest BCUT2D eigenvalue weighted by atomic mass is 9.99. The fourth-order valence-electron chi connectivity index (χ4n) is 4.95. The summed E-state index contributed by atoms with van der Waals surface area (Å²) >= 11 is 12.6. The number of nitrogens with one attached hydrogen (secondary N) is 1. The van der Waals surface area contributed by atoms with Crippen molar-refractivity contribution in [1.29, 1.82) is 0 Å². The van der Waals surface area contributed by atoms with E-state index in [4.69, 9.17) is 27.9 Å². The average Bonchev–Trinajstić information content (AvgIpc) is 3.30. The van der Waals surface area contributed by atoms with Crippen LogP contribution in [0.4, 0.5) is 0 Å². The molecule has 1 saturated heterocycles. The molecule has 2 aromatic heterocycles. The van der Waals surface area contributed by atoms with E-state index in [0.717, 1.165) is 43.6 Å². The van der Waals surface area contributed by atoms with Crippen molar-refractivity contribution in [2.45, 2.75) is 37.6 Å². The zero-order chi connectivity index (χ0) is 22.3. The van der Waals surface area contributed by atoms with Gasteiger partial charge in [0, 0.05) is 37.1 Å². The van der Waals surface area contributed by atoms with Crippen LogP contribution < -0.4 is 0 Å². The molecule has 0 amide bonds. The summed E-state index contributed by atoms with van der Waals surface area (Å²) in [6.07, 6.45) is -5.43. The second-order valence-electron chi connectivity index (χ2n) is 8.43. The quantitative estimate of drug-likeness (QED) is 0.285.